The first kappa shape index (κ1) is 21.1. The number of fused-ring (bicyclic) bond motifs is 6. The Morgan fingerprint density at radius 2 is 1.97 bits per heavy atom. The highest BCUT2D eigenvalue weighted by atomic mass is 16.6. The molecule has 10 nitrogen and oxygen atoms in total. The van der Waals surface area contributed by atoms with Crippen LogP contribution in [0.5, 0.6) is 5.75 Å². The van der Waals surface area contributed by atoms with Gasteiger partial charge in [0, 0.05) is 18.1 Å². The first-order chi connectivity index (χ1) is 17.0. The van der Waals surface area contributed by atoms with Gasteiger partial charge in [-0.15, -0.1) is 0 Å². The monoisotopic (exact) mass is 469 g/mol. The van der Waals surface area contributed by atoms with Gasteiger partial charge in [-0.05, 0) is 48.4 Å². The zero-order valence-corrected chi connectivity index (χ0v) is 18.4. The van der Waals surface area contributed by atoms with E-state index in [9.17, 15) is 24.8 Å². The lowest BCUT2D eigenvalue weighted by atomic mass is 10.1. The van der Waals surface area contributed by atoms with Gasteiger partial charge in [-0.2, -0.15) is 5.26 Å². The molecule has 2 aromatic carbocycles. The van der Waals surface area contributed by atoms with Crippen molar-refractivity contribution in [3.05, 3.63) is 65.9 Å². The van der Waals surface area contributed by atoms with Gasteiger partial charge in [-0.3, -0.25) is 9.78 Å². The van der Waals surface area contributed by atoms with Gasteiger partial charge in [-0.1, -0.05) is 12.1 Å². The summed E-state index contributed by atoms with van der Waals surface area (Å²) in [6.45, 7) is 0.163. The van der Waals surface area contributed by atoms with Gasteiger partial charge in [-0.25, -0.2) is 14.5 Å². The Hall–Kier alpha value is -4.49. The van der Waals surface area contributed by atoms with Crippen LogP contribution in [0.2, 0.25) is 0 Å². The highest BCUT2D eigenvalue weighted by Gasteiger charge is 2.63. The molecular formula is C25H19N5O5. The highest BCUT2D eigenvalue weighted by Crippen LogP contribution is 2.43. The quantitative estimate of drug-likeness (QED) is 0.584. The molecule has 0 saturated carbocycles. The fourth-order valence-corrected chi connectivity index (χ4v) is 5.35. The Morgan fingerprint density at radius 3 is 2.71 bits per heavy atom. The first-order valence-corrected chi connectivity index (χ1v) is 11.1. The second kappa shape index (κ2) is 7.78. The van der Waals surface area contributed by atoms with Crippen LogP contribution in [0.1, 0.15) is 17.5 Å². The Morgan fingerprint density at radius 1 is 1.17 bits per heavy atom. The smallest absolute Gasteiger partial charge is 0.410 e. The van der Waals surface area contributed by atoms with Crippen LogP contribution in [0, 0.1) is 11.3 Å². The predicted octanol–water partition coefficient (Wildman–Crippen LogP) is 2.39. The fourth-order valence-electron chi connectivity index (χ4n) is 5.35. The number of hydrogen-bond donors (Lipinski definition) is 1. The van der Waals surface area contributed by atoms with Crippen LogP contribution in [-0.4, -0.2) is 62.6 Å². The number of hydrogen-bond acceptors (Lipinski definition) is 7. The van der Waals surface area contributed by atoms with Gasteiger partial charge < -0.3 is 19.6 Å². The van der Waals surface area contributed by atoms with E-state index in [-0.39, 0.29) is 19.2 Å². The maximum Gasteiger partial charge on any atom is 0.415 e. The maximum atomic E-state index is 13.6. The van der Waals surface area contributed by atoms with E-state index in [1.165, 1.54) is 4.90 Å². The van der Waals surface area contributed by atoms with Gasteiger partial charge in [0.05, 0.1) is 35.5 Å². The van der Waals surface area contributed by atoms with Crippen LogP contribution in [0.25, 0.3) is 10.9 Å². The third-order valence-electron chi connectivity index (χ3n) is 6.92. The van der Waals surface area contributed by atoms with E-state index in [1.54, 1.807) is 59.6 Å². The molecule has 1 aromatic heterocycles. The molecule has 6 rings (SSSR count). The summed E-state index contributed by atoms with van der Waals surface area (Å²) in [7, 11) is 0. The number of benzene rings is 2. The molecule has 35 heavy (non-hydrogen) atoms. The standard InChI is InChI=1S/C25H19N5O5/c26-11-15-5-8-19(18-2-1-9-27-21(15)18)30-23(32)22-20-10-16(29(22)24(30)33)12-28(20)25(34)35-17-6-3-14(13-31)4-7-17/h1-9,16,20,22,31H,10,12-13H2/t16-,20?,22?/m1/s1. The summed E-state index contributed by atoms with van der Waals surface area (Å²) in [6.07, 6.45) is 1.48. The molecular weight excluding hydrogens is 450 g/mol. The molecule has 3 fully saturated rings. The number of carbonyl (C=O) groups excluding carboxylic acids is 3. The van der Waals surface area contributed by atoms with E-state index in [1.807, 2.05) is 0 Å². The molecule has 3 atom stereocenters. The largest absolute Gasteiger partial charge is 0.415 e. The Kier molecular flexibility index (Phi) is 4.69. The molecule has 1 N–H and O–H groups in total. The zero-order chi connectivity index (χ0) is 24.3. The third kappa shape index (κ3) is 3.05. The summed E-state index contributed by atoms with van der Waals surface area (Å²) < 4.78 is 5.49. The summed E-state index contributed by atoms with van der Waals surface area (Å²) in [5.41, 5.74) is 1.83. The van der Waals surface area contributed by atoms with Crippen molar-refractivity contribution in [1.29, 1.82) is 5.26 Å². The van der Waals surface area contributed by atoms with Gasteiger partial charge in [0.15, 0.2) is 0 Å². The van der Waals surface area contributed by atoms with Crippen molar-refractivity contribution >= 4 is 34.6 Å². The molecule has 3 aromatic rings. The number of urea groups is 1. The lowest BCUT2D eigenvalue weighted by Crippen LogP contribution is -2.55. The summed E-state index contributed by atoms with van der Waals surface area (Å²) in [5, 5.41) is 19.1. The molecule has 2 bridgehead atoms. The zero-order valence-electron chi connectivity index (χ0n) is 18.4. The van der Waals surface area contributed by atoms with Crippen LogP contribution in [-0.2, 0) is 11.4 Å². The van der Waals surface area contributed by atoms with E-state index in [0.29, 0.717) is 39.9 Å². The third-order valence-corrected chi connectivity index (χ3v) is 6.92. The molecule has 3 aliphatic heterocycles. The van der Waals surface area contributed by atoms with E-state index < -0.39 is 30.1 Å². The molecule has 174 valence electrons. The topological polar surface area (TPSA) is 127 Å². The summed E-state index contributed by atoms with van der Waals surface area (Å²) in [6, 6.07) is 13.1. The number of piperazine rings is 1. The molecule has 0 radical (unpaired) electrons. The predicted molar refractivity (Wildman–Crippen MR) is 122 cm³/mol. The number of aliphatic hydroxyl groups excluding tert-OH is 1. The average Bonchev–Trinajstić information content (AvgIpc) is 3.55. The van der Waals surface area contributed by atoms with E-state index >= 15 is 0 Å². The van der Waals surface area contributed by atoms with Crippen molar-refractivity contribution in [3.8, 4) is 11.8 Å². The lowest BCUT2D eigenvalue weighted by Gasteiger charge is -2.34. The minimum atomic E-state index is -0.798. The van der Waals surface area contributed by atoms with Crippen molar-refractivity contribution in [2.45, 2.75) is 31.2 Å². The number of pyridine rings is 1. The van der Waals surface area contributed by atoms with Crippen LogP contribution >= 0.6 is 0 Å². The van der Waals surface area contributed by atoms with E-state index in [2.05, 4.69) is 11.1 Å². The molecule has 2 unspecified atom stereocenters. The number of likely N-dealkylation sites (tertiary alicyclic amines) is 1. The lowest BCUT2D eigenvalue weighted by molar-refractivity contribution is -0.121. The number of anilines is 1. The fraction of sp³-hybridized carbons (Fsp3) is 0.240. The first-order valence-electron chi connectivity index (χ1n) is 11.1. The number of aromatic nitrogens is 1. The number of aliphatic hydroxyl groups is 1. The normalized spacial score (nSPS) is 22.6. The van der Waals surface area contributed by atoms with Crippen molar-refractivity contribution in [1.82, 2.24) is 14.8 Å². The maximum absolute atomic E-state index is 13.6. The molecule has 4 amide bonds. The Labute approximate surface area is 199 Å². The molecule has 3 saturated heterocycles. The van der Waals surface area contributed by atoms with Gasteiger partial charge in [0.1, 0.15) is 17.9 Å². The number of carbonyl (C=O) groups is 3. The Bertz CT molecular complexity index is 1430. The number of nitrogens with zero attached hydrogens (tertiary/aromatic N) is 5. The molecule has 0 aliphatic carbocycles. The minimum Gasteiger partial charge on any atom is -0.410 e. The summed E-state index contributed by atoms with van der Waals surface area (Å²) >= 11 is 0. The molecule has 10 heteroatoms. The van der Waals surface area contributed by atoms with Crippen molar-refractivity contribution in [3.63, 3.8) is 0 Å². The van der Waals surface area contributed by atoms with Crippen molar-refractivity contribution in [2.24, 2.45) is 0 Å². The molecule has 3 aliphatic rings. The second-order valence-corrected chi connectivity index (χ2v) is 8.73. The van der Waals surface area contributed by atoms with Crippen LogP contribution in [0.3, 0.4) is 0 Å². The number of ether oxygens (including phenoxy) is 1. The van der Waals surface area contributed by atoms with Crippen LogP contribution in [0.4, 0.5) is 15.3 Å². The summed E-state index contributed by atoms with van der Waals surface area (Å²) in [4.78, 5) is 48.4. The molecule has 0 spiro atoms. The number of imide groups is 1. The number of nitriles is 1. The van der Waals surface area contributed by atoms with E-state index in [4.69, 9.17) is 4.74 Å². The number of amides is 4. The van der Waals surface area contributed by atoms with Gasteiger partial charge in [0.2, 0.25) is 0 Å². The van der Waals surface area contributed by atoms with Crippen LogP contribution < -0.4 is 9.64 Å². The van der Waals surface area contributed by atoms with E-state index in [0.717, 1.165) is 4.90 Å². The second-order valence-electron chi connectivity index (χ2n) is 8.73. The van der Waals surface area contributed by atoms with Gasteiger partial charge in [0.25, 0.3) is 5.91 Å². The summed E-state index contributed by atoms with van der Waals surface area (Å²) in [5.74, 6) is -0.0824. The highest BCUT2D eigenvalue weighted by molar-refractivity contribution is 6.25. The minimum absolute atomic E-state index is 0.112. The SMILES string of the molecule is N#Cc1ccc(N2C(=O)C3C4C[C@H](CN4C(=O)Oc4ccc(CO)cc4)N3C2=O)c2cccnc12. The van der Waals surface area contributed by atoms with Crippen molar-refractivity contribution in [2.75, 3.05) is 11.4 Å². The van der Waals surface area contributed by atoms with Crippen LogP contribution in [0.15, 0.2) is 54.7 Å². The average molecular weight is 469 g/mol. The Balaban J connectivity index is 1.28. The number of rotatable bonds is 3. The molecule has 4 heterocycles. The van der Waals surface area contributed by atoms with Crippen molar-refractivity contribution < 1.29 is 24.2 Å². The van der Waals surface area contributed by atoms with Gasteiger partial charge >= 0.3 is 12.1 Å².